The van der Waals surface area contributed by atoms with Crippen molar-refractivity contribution in [3.63, 3.8) is 0 Å². The molecule has 4 saturated carbocycles. The van der Waals surface area contributed by atoms with Crippen molar-refractivity contribution in [2.45, 2.75) is 162 Å². The van der Waals surface area contributed by atoms with Crippen LogP contribution in [0.2, 0.25) is 0 Å². The first kappa shape index (κ1) is 46.2. The van der Waals surface area contributed by atoms with E-state index < -0.39 is 20.8 Å². The molecule has 52 heavy (non-hydrogen) atoms. The molecule has 4 aliphatic rings. The van der Waals surface area contributed by atoms with Crippen molar-refractivity contribution in [3.05, 3.63) is 85.1 Å². The molecule has 0 aromatic heterocycles. The fourth-order valence-corrected chi connectivity index (χ4v) is 11.6. The van der Waals surface area contributed by atoms with Crippen molar-refractivity contribution >= 4 is 17.0 Å². The number of rotatable bonds is 5. The molecular formula is C48H76Cl2OZr. The predicted molar refractivity (Wildman–Crippen MR) is 226 cm³/mol. The van der Waals surface area contributed by atoms with E-state index in [0.717, 1.165) is 47.3 Å². The van der Waals surface area contributed by atoms with Gasteiger partial charge in [-0.2, -0.15) is 0 Å². The topological polar surface area (TPSA) is 9.23 Å². The molecule has 1 nitrogen and oxygen atoms in total. The number of ether oxygens (including phenoxy) is 1. The van der Waals surface area contributed by atoms with Crippen molar-refractivity contribution in [2.75, 3.05) is 7.11 Å². The van der Waals surface area contributed by atoms with E-state index in [1.807, 2.05) is 7.11 Å². The molecule has 0 N–H and O–H groups in total. The Balaban J connectivity index is 0.00000141. The summed E-state index contributed by atoms with van der Waals surface area (Å²) >= 11 is -0.826. The number of halogens is 2. The van der Waals surface area contributed by atoms with Gasteiger partial charge in [-0.25, -0.2) is 0 Å². The zero-order valence-electron chi connectivity index (χ0n) is 35.7. The molecule has 6 rings (SSSR count). The Labute approximate surface area is 341 Å². The summed E-state index contributed by atoms with van der Waals surface area (Å²) in [6.07, 6.45) is 11.4. The summed E-state index contributed by atoms with van der Waals surface area (Å²) in [6, 6.07) is 17.6. The summed E-state index contributed by atoms with van der Waals surface area (Å²) in [5, 5.41) is 0. The van der Waals surface area contributed by atoms with Crippen LogP contribution >= 0.6 is 17.0 Å². The number of methoxy groups -OCH3 is 1. The van der Waals surface area contributed by atoms with Crippen molar-refractivity contribution in [3.8, 4) is 0 Å². The van der Waals surface area contributed by atoms with E-state index in [0.29, 0.717) is 17.9 Å². The van der Waals surface area contributed by atoms with Crippen molar-refractivity contribution < 1.29 is 25.6 Å². The molecule has 11 atom stereocenters. The van der Waals surface area contributed by atoms with Gasteiger partial charge in [0.25, 0.3) is 0 Å². The third-order valence-corrected chi connectivity index (χ3v) is 14.3. The van der Waals surface area contributed by atoms with Crippen LogP contribution in [0.25, 0.3) is 0 Å². The quantitative estimate of drug-likeness (QED) is 0.273. The average Bonchev–Trinajstić information content (AvgIpc) is 3.55. The fourth-order valence-electron chi connectivity index (χ4n) is 11.6. The molecule has 2 aromatic carbocycles. The summed E-state index contributed by atoms with van der Waals surface area (Å²) < 4.78 is 6.43. The van der Waals surface area contributed by atoms with Gasteiger partial charge in [-0.1, -0.05) is 125 Å². The fraction of sp³-hybridized carbons (Fsp3) is 0.708. The van der Waals surface area contributed by atoms with E-state index in [-0.39, 0.29) is 31.1 Å². The molecule has 4 aliphatic carbocycles. The third kappa shape index (κ3) is 10.0. The van der Waals surface area contributed by atoms with Gasteiger partial charge in [0.15, 0.2) is 0 Å². The first-order valence-corrected chi connectivity index (χ1v) is 26.5. The first-order valence-electron chi connectivity index (χ1n) is 20.1. The Bertz CT molecular complexity index is 1370. The molecule has 0 radical (unpaired) electrons. The van der Waals surface area contributed by atoms with Crippen LogP contribution in [-0.4, -0.2) is 13.2 Å². The van der Waals surface area contributed by atoms with Gasteiger partial charge in [0.2, 0.25) is 0 Å². The molecule has 0 spiro atoms. The van der Waals surface area contributed by atoms with Crippen LogP contribution in [0.4, 0.5) is 0 Å². The van der Waals surface area contributed by atoms with Crippen LogP contribution in [0.1, 0.15) is 167 Å². The van der Waals surface area contributed by atoms with Crippen molar-refractivity contribution in [1.29, 1.82) is 0 Å². The predicted octanol–water partition coefficient (Wildman–Crippen LogP) is 14.9. The van der Waals surface area contributed by atoms with E-state index in [1.165, 1.54) is 68.1 Å². The molecule has 0 amide bonds. The molecule has 0 heterocycles. The van der Waals surface area contributed by atoms with Crippen LogP contribution in [0.15, 0.2) is 42.5 Å². The summed E-state index contributed by atoms with van der Waals surface area (Å²) in [5.41, 5.74) is 8.28. The summed E-state index contributed by atoms with van der Waals surface area (Å²) in [6.45, 7) is 26.6. The second-order valence-corrected chi connectivity index (χ2v) is 24.1. The maximum absolute atomic E-state index is 6.43. The Morgan fingerprint density at radius 1 is 0.615 bits per heavy atom. The van der Waals surface area contributed by atoms with Gasteiger partial charge in [0.05, 0.1) is 6.10 Å². The summed E-state index contributed by atoms with van der Waals surface area (Å²) in [5.74, 6) is 7.89. The van der Waals surface area contributed by atoms with Crippen LogP contribution < -0.4 is 0 Å². The Morgan fingerprint density at radius 2 is 1.12 bits per heavy atom. The van der Waals surface area contributed by atoms with Gasteiger partial charge in [-0.3, -0.25) is 0 Å². The van der Waals surface area contributed by atoms with Gasteiger partial charge < -0.3 is 19.6 Å². The minimum atomic E-state index is -0.826. The molecule has 11 unspecified atom stereocenters. The molecule has 0 aliphatic heterocycles. The van der Waals surface area contributed by atoms with Crippen LogP contribution in [0.5, 0.6) is 0 Å². The minimum absolute atomic E-state index is 0. The van der Waals surface area contributed by atoms with Crippen LogP contribution in [0.3, 0.4) is 0 Å². The Kier molecular flexibility index (Phi) is 16.4. The van der Waals surface area contributed by atoms with E-state index in [1.54, 1.807) is 11.1 Å². The molecule has 0 saturated heterocycles. The van der Waals surface area contributed by atoms with Crippen molar-refractivity contribution in [2.24, 2.45) is 47.3 Å². The molecule has 4 heteroatoms. The number of fused-ring (bicyclic) bond motifs is 2. The number of hydrogen-bond donors (Lipinski definition) is 0. The molecular weight excluding hydrogens is 755 g/mol. The number of hydrogen-bond acceptors (Lipinski definition) is 1. The normalized spacial score (nSPS) is 33.0. The van der Waals surface area contributed by atoms with E-state index in [9.17, 15) is 0 Å². The van der Waals surface area contributed by atoms with Crippen LogP contribution in [0, 0.1) is 62.2 Å². The summed E-state index contributed by atoms with van der Waals surface area (Å²) in [4.78, 5) is 0. The standard InChI is InChI=1S/C46H70O.2CH3.2ClH.Zr/c1-28-22-40-35(30-16-18-32(19-17-30)44(3,4)5)14-13-15-37(40)38(28)27-39-29(2)23-41-36(20-21-42(47-12)43(39)41)31-24-33(45(6,7)8)26-34(25-31)46(9,10)11;;;;;/h16-19,24-26,28-29,35-43H,13-15,20-23,27H2,1-12H3;2*1H3;2*1H;/q;2*-1;;;+4/p-2. The second kappa shape index (κ2) is 18.4. The van der Waals surface area contributed by atoms with E-state index in [4.69, 9.17) is 21.8 Å². The van der Waals surface area contributed by atoms with Gasteiger partial charge in [0, 0.05) is 7.11 Å². The first-order chi connectivity index (χ1) is 23.4. The zero-order chi connectivity index (χ0) is 36.8. The molecule has 2 aromatic rings. The average molecular weight is 831 g/mol. The van der Waals surface area contributed by atoms with Gasteiger partial charge in [0.1, 0.15) is 0 Å². The molecule has 0 bridgehead atoms. The second-order valence-electron chi connectivity index (χ2n) is 20.3. The molecule has 4 fully saturated rings. The van der Waals surface area contributed by atoms with Gasteiger partial charge in [-0.15, -0.1) is 0 Å². The van der Waals surface area contributed by atoms with E-state index in [2.05, 4.69) is 119 Å². The van der Waals surface area contributed by atoms with Gasteiger partial charge in [-0.05, 0) is 148 Å². The maximum atomic E-state index is 6.43. The SMILES string of the molecule is COC1CCC(c2cc(C(C)(C)C)cc(C(C)(C)C)c2)C2CC(C)C(CC3C(C)CC4C(c5ccc(C(C)(C)C)cc5)CCCC34)C12.[CH3-].[CH3-].[Cl][Zr+2][Cl]. The third-order valence-electron chi connectivity index (χ3n) is 14.3. The Morgan fingerprint density at radius 3 is 1.63 bits per heavy atom. The van der Waals surface area contributed by atoms with Crippen molar-refractivity contribution in [1.82, 2.24) is 0 Å². The Hall–Kier alpha value is -0.137. The molecule has 292 valence electrons. The van der Waals surface area contributed by atoms with Crippen LogP contribution in [-0.2, 0) is 41.8 Å². The number of benzene rings is 2. The summed E-state index contributed by atoms with van der Waals surface area (Å²) in [7, 11) is 11.9. The zero-order valence-corrected chi connectivity index (χ0v) is 39.7. The van der Waals surface area contributed by atoms with Gasteiger partial charge >= 0.3 is 37.9 Å². The monoisotopic (exact) mass is 828 g/mol. The van der Waals surface area contributed by atoms with E-state index >= 15 is 0 Å².